The summed E-state index contributed by atoms with van der Waals surface area (Å²) in [6, 6.07) is 0. The van der Waals surface area contributed by atoms with Crippen molar-refractivity contribution in [1.82, 2.24) is 9.80 Å². The van der Waals surface area contributed by atoms with Crippen LogP contribution in [0.15, 0.2) is 12.4 Å². The fourth-order valence-corrected chi connectivity index (χ4v) is 1.02. The third-order valence-electron chi connectivity index (χ3n) is 1.45. The Kier molecular flexibility index (Phi) is 5.82. The van der Waals surface area contributed by atoms with Gasteiger partial charge < -0.3 is 9.80 Å². The van der Waals surface area contributed by atoms with Crippen LogP contribution in [-0.2, 0) is 0 Å². The smallest absolute Gasteiger partial charge is 0.0890 e. The summed E-state index contributed by atoms with van der Waals surface area (Å²) in [5.74, 6) is 0. The first kappa shape index (κ1) is 13.5. The molecular formula is C7H15ClN2O4. The maximum absolute atomic E-state index is 8.60. The van der Waals surface area contributed by atoms with Crippen molar-refractivity contribution in [3.8, 4) is 0 Å². The molecule has 0 unspecified atom stereocenters. The lowest BCUT2D eigenvalue weighted by atomic mass is 10.4. The predicted molar refractivity (Wildman–Crippen MR) is 41.0 cm³/mol. The van der Waals surface area contributed by atoms with Gasteiger partial charge in [0.1, 0.15) is 0 Å². The highest BCUT2D eigenvalue weighted by atomic mass is 35.7. The molecule has 1 aliphatic rings. The highest BCUT2D eigenvalue weighted by Crippen LogP contribution is 2.02. The van der Waals surface area contributed by atoms with E-state index in [1.807, 2.05) is 0 Å². The van der Waals surface area contributed by atoms with Crippen molar-refractivity contribution in [2.24, 2.45) is 0 Å². The third kappa shape index (κ3) is 9.56. The quantitative estimate of drug-likeness (QED) is 0.538. The molecule has 0 aliphatic carbocycles. The minimum atomic E-state index is -4.69. The minimum absolute atomic E-state index is 1.06. The lowest BCUT2D eigenvalue weighted by molar-refractivity contribution is -1.92. The monoisotopic (exact) mass is 226 g/mol. The second kappa shape index (κ2) is 6.05. The van der Waals surface area contributed by atoms with Gasteiger partial charge in [0.2, 0.25) is 0 Å². The molecule has 6 nitrogen and oxygen atoms in total. The molecule has 1 N–H and O–H groups in total. The summed E-state index contributed by atoms with van der Waals surface area (Å²) < 4.78 is 32.7. The average Bonchev–Trinajstić information content (AvgIpc) is 2.32. The van der Waals surface area contributed by atoms with Crippen LogP contribution in [0.2, 0.25) is 0 Å². The molecule has 7 heteroatoms. The summed E-state index contributed by atoms with van der Waals surface area (Å²) in [6.45, 7) is 4.45. The lowest BCUT2D eigenvalue weighted by Gasteiger charge is -2.16. The van der Waals surface area contributed by atoms with E-state index < -0.39 is 10.2 Å². The van der Waals surface area contributed by atoms with Gasteiger partial charge in [0.15, 0.2) is 0 Å². The first-order chi connectivity index (χ1) is 6.33. The second-order valence-electron chi connectivity index (χ2n) is 2.90. The number of hydrogen-bond acceptors (Lipinski definition) is 6. The number of halogens is 1. The van der Waals surface area contributed by atoms with E-state index in [1.54, 1.807) is 0 Å². The molecule has 0 aromatic rings. The molecule has 1 rings (SSSR count). The summed E-state index contributed by atoms with van der Waals surface area (Å²) in [7, 11) is -2.61. The van der Waals surface area contributed by atoms with E-state index in [4.69, 9.17) is 18.6 Å². The molecule has 0 radical (unpaired) electrons. The molecule has 0 aromatic heterocycles. The topological polar surface area (TPSA) is 95.9 Å². The van der Waals surface area contributed by atoms with Crippen molar-refractivity contribution in [2.75, 3.05) is 20.3 Å². The Balaban J connectivity index is 0.000000292. The molecule has 84 valence electrons. The van der Waals surface area contributed by atoms with E-state index in [2.05, 4.69) is 36.2 Å². The van der Waals surface area contributed by atoms with Crippen LogP contribution in [0.4, 0.5) is 0 Å². The van der Waals surface area contributed by atoms with Crippen molar-refractivity contribution in [3.05, 3.63) is 12.4 Å². The largest absolute Gasteiger partial charge is 0.362 e. The van der Waals surface area contributed by atoms with Gasteiger partial charge in [-0.25, -0.2) is 0 Å². The van der Waals surface area contributed by atoms with Crippen molar-refractivity contribution in [3.63, 3.8) is 0 Å². The van der Waals surface area contributed by atoms with Crippen LogP contribution >= 0.6 is 0 Å². The van der Waals surface area contributed by atoms with E-state index >= 15 is 0 Å². The van der Waals surface area contributed by atoms with Crippen LogP contribution in [0.5, 0.6) is 0 Å². The van der Waals surface area contributed by atoms with E-state index in [9.17, 15) is 0 Å². The maximum Gasteiger partial charge on any atom is 0.0890 e. The van der Waals surface area contributed by atoms with Gasteiger partial charge >= 0.3 is 0 Å². The minimum Gasteiger partial charge on any atom is -0.362 e. The Bertz CT molecular complexity index is 177. The van der Waals surface area contributed by atoms with Gasteiger partial charge in [0.25, 0.3) is 0 Å². The molecule has 1 heterocycles. The summed E-state index contributed by atoms with van der Waals surface area (Å²) >= 11 is 0. The van der Waals surface area contributed by atoms with Crippen molar-refractivity contribution >= 4 is 0 Å². The van der Waals surface area contributed by atoms with E-state index in [0.717, 1.165) is 6.67 Å². The Morgan fingerprint density at radius 2 is 1.86 bits per heavy atom. The van der Waals surface area contributed by atoms with Gasteiger partial charge in [0, 0.05) is 26.0 Å². The number of rotatable bonds is 2. The molecule has 0 spiro atoms. The molecule has 0 saturated heterocycles. The van der Waals surface area contributed by atoms with Gasteiger partial charge in [-0.3, -0.25) is 0 Å². The molecule has 0 atom stereocenters. The molecule has 0 aromatic carbocycles. The zero-order valence-electron chi connectivity index (χ0n) is 8.22. The SMILES string of the molecule is CCCN1C=CN(C)C1.[O-][Cl+3]([O-])([O-])O. The van der Waals surface area contributed by atoms with Gasteiger partial charge in [0.05, 0.1) is 21.6 Å². The van der Waals surface area contributed by atoms with Crippen molar-refractivity contribution < 1.29 is 28.9 Å². The molecular weight excluding hydrogens is 212 g/mol. The highest BCUT2D eigenvalue weighted by Gasteiger charge is 2.04. The Hall–Kier alpha value is -0.530. The average molecular weight is 227 g/mol. The van der Waals surface area contributed by atoms with E-state index in [1.165, 1.54) is 13.0 Å². The van der Waals surface area contributed by atoms with Crippen molar-refractivity contribution in [1.29, 1.82) is 0 Å². The molecule has 1 aliphatic heterocycles. The fraction of sp³-hybridized carbons (Fsp3) is 0.714. The van der Waals surface area contributed by atoms with Gasteiger partial charge in [-0.15, -0.1) is 0 Å². The zero-order valence-corrected chi connectivity index (χ0v) is 8.98. The first-order valence-corrected chi connectivity index (χ1v) is 5.35. The summed E-state index contributed by atoms with van der Waals surface area (Å²) in [5.41, 5.74) is 0. The highest BCUT2D eigenvalue weighted by molar-refractivity contribution is 4.87. The summed E-state index contributed by atoms with van der Waals surface area (Å²) in [6.07, 6.45) is 5.48. The molecule has 0 saturated carbocycles. The normalized spacial score (nSPS) is 15.6. The van der Waals surface area contributed by atoms with E-state index in [-0.39, 0.29) is 0 Å². The predicted octanol–water partition coefficient (Wildman–Crippen LogP) is -3.05. The zero-order chi connectivity index (χ0) is 11.2. The number of hydrogen-bond donors (Lipinski definition) is 1. The summed E-state index contributed by atoms with van der Waals surface area (Å²) in [4.78, 5) is 4.48. The van der Waals surface area contributed by atoms with Gasteiger partial charge in [-0.1, -0.05) is 6.92 Å². The van der Waals surface area contributed by atoms with Crippen LogP contribution in [0.25, 0.3) is 0 Å². The molecule has 0 amide bonds. The van der Waals surface area contributed by atoms with Crippen LogP contribution in [0, 0.1) is 10.2 Å². The van der Waals surface area contributed by atoms with Gasteiger partial charge in [-0.2, -0.15) is 14.0 Å². The fourth-order valence-electron chi connectivity index (χ4n) is 1.02. The second-order valence-corrected chi connectivity index (χ2v) is 3.70. The number of nitrogens with zero attached hydrogens (tertiary/aromatic N) is 2. The van der Waals surface area contributed by atoms with Crippen LogP contribution in [0.3, 0.4) is 0 Å². The van der Waals surface area contributed by atoms with Crippen molar-refractivity contribution in [2.45, 2.75) is 13.3 Å². The van der Waals surface area contributed by atoms with Crippen LogP contribution in [0.1, 0.15) is 13.3 Å². The molecule has 0 bridgehead atoms. The molecule has 14 heavy (non-hydrogen) atoms. The van der Waals surface area contributed by atoms with Crippen LogP contribution < -0.4 is 14.0 Å². The molecule has 0 fully saturated rings. The lowest BCUT2D eigenvalue weighted by Crippen LogP contribution is -2.58. The van der Waals surface area contributed by atoms with E-state index in [0.29, 0.717) is 0 Å². The van der Waals surface area contributed by atoms with Crippen LogP contribution in [-0.4, -0.2) is 34.7 Å². The Morgan fingerprint density at radius 1 is 1.36 bits per heavy atom. The van der Waals surface area contributed by atoms with Gasteiger partial charge in [-0.05, 0) is 6.42 Å². The maximum atomic E-state index is 8.60. The Morgan fingerprint density at radius 3 is 2.14 bits per heavy atom. The first-order valence-electron chi connectivity index (χ1n) is 4.08. The third-order valence-corrected chi connectivity index (χ3v) is 1.45. The summed E-state index contributed by atoms with van der Waals surface area (Å²) in [5, 5.41) is 0. The standard InChI is InChI=1S/C7H14N2.ClHO4/c1-3-4-9-6-5-8(2)7-9;2-1(3,4)5/h5-6H,3-4,7H2,1-2H3;(H,2,3,4,5). The Labute approximate surface area is 85.4 Å².